The third-order valence-corrected chi connectivity index (χ3v) is 5.75. The van der Waals surface area contributed by atoms with Crippen LogP contribution in [0.25, 0.3) is 0 Å². The van der Waals surface area contributed by atoms with Crippen molar-refractivity contribution in [3.63, 3.8) is 0 Å². The van der Waals surface area contributed by atoms with Gasteiger partial charge in [-0.15, -0.1) is 11.8 Å². The van der Waals surface area contributed by atoms with E-state index in [4.69, 9.17) is 14.2 Å². The second kappa shape index (κ2) is 9.89. The first kappa shape index (κ1) is 21.3. The molecule has 0 radical (unpaired) electrons. The van der Waals surface area contributed by atoms with E-state index in [0.717, 1.165) is 16.9 Å². The average molecular weight is 418 g/mol. The second-order valence-corrected chi connectivity index (χ2v) is 7.86. The molecule has 0 bridgehead atoms. The van der Waals surface area contributed by atoms with E-state index in [-0.39, 0.29) is 17.9 Å². The summed E-state index contributed by atoms with van der Waals surface area (Å²) in [5, 5.41) is 9.38. The molecule has 2 aromatic carbocycles. The van der Waals surface area contributed by atoms with Crippen LogP contribution in [0.5, 0.6) is 17.2 Å². The van der Waals surface area contributed by atoms with Gasteiger partial charge in [0, 0.05) is 6.54 Å². The molecule has 156 valence electrons. The first-order valence-electron chi connectivity index (χ1n) is 9.64. The molecule has 0 spiro atoms. The fraction of sp³-hybridized carbons (Fsp3) is 0.409. The highest BCUT2D eigenvalue weighted by atomic mass is 32.2. The van der Waals surface area contributed by atoms with Gasteiger partial charge in [-0.1, -0.05) is 18.2 Å². The standard InChI is InChI=1S/C22H27NO5S/c1-4-27-17-10-8-16(9-11-17)12-23-20(25)14-29-22(23)21-18(26-3)6-5-7-19(21)28-13-15(2)24/h5-11,15,22,24H,4,12-14H2,1-3H3. The average Bonchev–Trinajstić information content (AvgIpc) is 3.07. The fourth-order valence-electron chi connectivity index (χ4n) is 3.20. The third kappa shape index (κ3) is 5.16. The number of benzene rings is 2. The smallest absolute Gasteiger partial charge is 0.234 e. The first-order chi connectivity index (χ1) is 14.0. The van der Waals surface area contributed by atoms with Crippen molar-refractivity contribution in [2.45, 2.75) is 31.9 Å². The Bertz CT molecular complexity index is 824. The maximum atomic E-state index is 12.7. The van der Waals surface area contributed by atoms with Crippen molar-refractivity contribution >= 4 is 17.7 Å². The van der Waals surface area contributed by atoms with Crippen molar-refractivity contribution in [2.75, 3.05) is 26.1 Å². The number of thioether (sulfide) groups is 1. The van der Waals surface area contributed by atoms with Gasteiger partial charge in [0.15, 0.2) is 0 Å². The van der Waals surface area contributed by atoms with E-state index >= 15 is 0 Å². The summed E-state index contributed by atoms with van der Waals surface area (Å²) < 4.78 is 16.9. The molecule has 6 nitrogen and oxygen atoms in total. The van der Waals surface area contributed by atoms with Gasteiger partial charge in [0.05, 0.1) is 31.1 Å². The SMILES string of the molecule is CCOc1ccc(CN2C(=O)CSC2c2c(OC)cccc2OCC(C)O)cc1. The molecule has 29 heavy (non-hydrogen) atoms. The van der Waals surface area contributed by atoms with Crippen LogP contribution in [-0.4, -0.2) is 48.1 Å². The van der Waals surface area contributed by atoms with Gasteiger partial charge in [0.25, 0.3) is 0 Å². The van der Waals surface area contributed by atoms with Gasteiger partial charge >= 0.3 is 0 Å². The number of methoxy groups -OCH3 is 1. The molecule has 0 saturated carbocycles. The van der Waals surface area contributed by atoms with Gasteiger partial charge in [0.1, 0.15) is 29.2 Å². The number of hydrogen-bond acceptors (Lipinski definition) is 6. The highest BCUT2D eigenvalue weighted by Gasteiger charge is 2.36. The highest BCUT2D eigenvalue weighted by molar-refractivity contribution is 8.00. The number of nitrogens with zero attached hydrogens (tertiary/aromatic N) is 1. The van der Waals surface area contributed by atoms with Crippen LogP contribution >= 0.6 is 11.8 Å². The van der Waals surface area contributed by atoms with Gasteiger partial charge < -0.3 is 24.2 Å². The first-order valence-corrected chi connectivity index (χ1v) is 10.7. The molecule has 1 N–H and O–H groups in total. The Labute approximate surface area is 175 Å². The molecule has 1 aliphatic heterocycles. The predicted octanol–water partition coefficient (Wildman–Crippen LogP) is 3.63. The summed E-state index contributed by atoms with van der Waals surface area (Å²) in [6.45, 7) is 4.89. The van der Waals surface area contributed by atoms with Crippen molar-refractivity contribution in [1.29, 1.82) is 0 Å². The van der Waals surface area contributed by atoms with Crippen LogP contribution in [0.2, 0.25) is 0 Å². The Hall–Kier alpha value is -2.38. The summed E-state index contributed by atoms with van der Waals surface area (Å²) in [5.74, 6) is 2.57. The molecule has 1 fully saturated rings. The zero-order chi connectivity index (χ0) is 20.8. The van der Waals surface area contributed by atoms with E-state index in [9.17, 15) is 9.90 Å². The lowest BCUT2D eigenvalue weighted by atomic mass is 10.1. The Kier molecular flexibility index (Phi) is 7.28. The maximum absolute atomic E-state index is 12.7. The van der Waals surface area contributed by atoms with Crippen molar-refractivity contribution < 1.29 is 24.1 Å². The summed E-state index contributed by atoms with van der Waals surface area (Å²) in [5.41, 5.74) is 1.84. The normalized spacial score (nSPS) is 17.3. The van der Waals surface area contributed by atoms with Gasteiger partial charge in [-0.3, -0.25) is 4.79 Å². The molecule has 1 saturated heterocycles. The summed E-state index contributed by atoms with van der Waals surface area (Å²) in [6, 6.07) is 13.3. The number of rotatable bonds is 9. The summed E-state index contributed by atoms with van der Waals surface area (Å²) >= 11 is 1.55. The molecule has 7 heteroatoms. The molecule has 1 heterocycles. The summed E-state index contributed by atoms with van der Waals surface area (Å²) in [6.07, 6.45) is -0.591. The van der Waals surface area contributed by atoms with Crippen LogP contribution in [-0.2, 0) is 11.3 Å². The molecule has 3 rings (SSSR count). The highest BCUT2D eigenvalue weighted by Crippen LogP contribution is 2.47. The number of carbonyl (C=O) groups is 1. The molecule has 1 aliphatic rings. The van der Waals surface area contributed by atoms with Crippen LogP contribution in [0, 0.1) is 0 Å². The number of aliphatic hydroxyl groups excluding tert-OH is 1. The van der Waals surface area contributed by atoms with Crippen molar-refractivity contribution in [3.05, 3.63) is 53.6 Å². The van der Waals surface area contributed by atoms with E-state index < -0.39 is 6.10 Å². The quantitative estimate of drug-likeness (QED) is 0.672. The van der Waals surface area contributed by atoms with E-state index in [1.807, 2.05) is 54.3 Å². The topological polar surface area (TPSA) is 68.2 Å². The van der Waals surface area contributed by atoms with Gasteiger partial charge in [-0.25, -0.2) is 0 Å². The number of aliphatic hydroxyl groups is 1. The molecule has 2 unspecified atom stereocenters. The van der Waals surface area contributed by atoms with Crippen molar-refractivity contribution in [3.8, 4) is 17.2 Å². The van der Waals surface area contributed by atoms with Crippen LogP contribution < -0.4 is 14.2 Å². The Morgan fingerprint density at radius 3 is 2.55 bits per heavy atom. The van der Waals surface area contributed by atoms with E-state index in [2.05, 4.69) is 0 Å². The van der Waals surface area contributed by atoms with E-state index in [1.54, 1.807) is 25.8 Å². The van der Waals surface area contributed by atoms with Crippen molar-refractivity contribution in [1.82, 2.24) is 4.90 Å². The lowest BCUT2D eigenvalue weighted by molar-refractivity contribution is -0.128. The summed E-state index contributed by atoms with van der Waals surface area (Å²) in [4.78, 5) is 14.5. The minimum Gasteiger partial charge on any atom is -0.496 e. The Morgan fingerprint density at radius 2 is 1.90 bits per heavy atom. The molecular weight excluding hydrogens is 390 g/mol. The number of amides is 1. The zero-order valence-electron chi connectivity index (χ0n) is 17.0. The van der Waals surface area contributed by atoms with E-state index in [0.29, 0.717) is 30.4 Å². The van der Waals surface area contributed by atoms with Crippen LogP contribution in [0.15, 0.2) is 42.5 Å². The van der Waals surface area contributed by atoms with E-state index in [1.165, 1.54) is 0 Å². The predicted molar refractivity (Wildman–Crippen MR) is 114 cm³/mol. The molecule has 0 aromatic heterocycles. The molecule has 1 amide bonds. The van der Waals surface area contributed by atoms with Gasteiger partial charge in [-0.05, 0) is 43.7 Å². The monoisotopic (exact) mass is 417 g/mol. The van der Waals surface area contributed by atoms with Gasteiger partial charge in [0.2, 0.25) is 5.91 Å². The number of carbonyl (C=O) groups excluding carboxylic acids is 1. The largest absolute Gasteiger partial charge is 0.496 e. The minimum absolute atomic E-state index is 0.0706. The number of ether oxygens (including phenoxy) is 3. The maximum Gasteiger partial charge on any atom is 0.234 e. The summed E-state index contributed by atoms with van der Waals surface area (Å²) in [7, 11) is 1.61. The van der Waals surface area contributed by atoms with Crippen LogP contribution in [0.1, 0.15) is 30.3 Å². The van der Waals surface area contributed by atoms with Crippen LogP contribution in [0.4, 0.5) is 0 Å². The Balaban J connectivity index is 1.87. The van der Waals surface area contributed by atoms with Gasteiger partial charge in [-0.2, -0.15) is 0 Å². The molecule has 0 aliphatic carbocycles. The lowest BCUT2D eigenvalue weighted by Gasteiger charge is -2.27. The van der Waals surface area contributed by atoms with Crippen LogP contribution in [0.3, 0.4) is 0 Å². The Morgan fingerprint density at radius 1 is 1.17 bits per heavy atom. The van der Waals surface area contributed by atoms with Crippen molar-refractivity contribution in [2.24, 2.45) is 0 Å². The second-order valence-electron chi connectivity index (χ2n) is 6.79. The lowest BCUT2D eigenvalue weighted by Crippen LogP contribution is -2.28. The number of hydrogen-bond donors (Lipinski definition) is 1. The zero-order valence-corrected chi connectivity index (χ0v) is 17.8. The molecular formula is C22H27NO5S. The fourth-order valence-corrected chi connectivity index (χ4v) is 4.44. The molecule has 2 aromatic rings. The minimum atomic E-state index is -0.591. The molecule has 2 atom stereocenters. The third-order valence-electron chi connectivity index (χ3n) is 4.53.